The standard InChI is InChI=1S/C12H16ClN5O/c1-4-14-8(2)12-15-16-17-18(12)11-7-9(19-3)5-6-10(11)13/h5-8,14H,4H2,1-3H3. The molecule has 1 aromatic heterocycles. The van der Waals surface area contributed by atoms with Crippen molar-refractivity contribution in [3.05, 3.63) is 29.0 Å². The maximum absolute atomic E-state index is 6.21. The van der Waals surface area contributed by atoms with Gasteiger partial charge in [-0.25, -0.2) is 0 Å². The van der Waals surface area contributed by atoms with Crippen LogP contribution in [0.2, 0.25) is 5.02 Å². The average Bonchev–Trinajstić information content (AvgIpc) is 2.89. The SMILES string of the molecule is CCNC(C)c1nnnn1-c1cc(OC)ccc1Cl. The minimum absolute atomic E-state index is 0.0299. The van der Waals surface area contributed by atoms with Crippen molar-refractivity contribution >= 4 is 11.6 Å². The van der Waals surface area contributed by atoms with Crippen molar-refractivity contribution in [2.24, 2.45) is 0 Å². The van der Waals surface area contributed by atoms with Gasteiger partial charge in [0.15, 0.2) is 5.82 Å². The molecule has 2 aromatic rings. The second-order valence-corrected chi connectivity index (χ2v) is 4.45. The van der Waals surface area contributed by atoms with Gasteiger partial charge in [0, 0.05) is 6.07 Å². The number of benzene rings is 1. The van der Waals surface area contributed by atoms with Crippen molar-refractivity contribution in [2.75, 3.05) is 13.7 Å². The first-order chi connectivity index (χ1) is 9.17. The van der Waals surface area contributed by atoms with Gasteiger partial charge in [-0.1, -0.05) is 18.5 Å². The molecule has 0 spiro atoms. The third-order valence-corrected chi connectivity index (χ3v) is 3.09. The molecule has 0 radical (unpaired) electrons. The number of hydrogen-bond acceptors (Lipinski definition) is 5. The van der Waals surface area contributed by atoms with E-state index < -0.39 is 0 Å². The Morgan fingerprint density at radius 2 is 2.26 bits per heavy atom. The summed E-state index contributed by atoms with van der Waals surface area (Å²) in [4.78, 5) is 0. The van der Waals surface area contributed by atoms with Crippen molar-refractivity contribution in [3.8, 4) is 11.4 Å². The molecular formula is C12H16ClN5O. The molecule has 0 amide bonds. The second-order valence-electron chi connectivity index (χ2n) is 4.05. The summed E-state index contributed by atoms with van der Waals surface area (Å²) >= 11 is 6.21. The molecule has 2 rings (SSSR count). The Hall–Kier alpha value is -1.66. The number of rotatable bonds is 5. The van der Waals surface area contributed by atoms with Crippen LogP contribution in [0, 0.1) is 0 Å². The smallest absolute Gasteiger partial charge is 0.173 e. The molecule has 19 heavy (non-hydrogen) atoms. The number of hydrogen-bond donors (Lipinski definition) is 1. The number of nitrogens with zero attached hydrogens (tertiary/aromatic N) is 4. The largest absolute Gasteiger partial charge is 0.497 e. The van der Waals surface area contributed by atoms with Crippen molar-refractivity contribution in [3.63, 3.8) is 0 Å². The Bertz CT molecular complexity index is 557. The van der Waals surface area contributed by atoms with Crippen LogP contribution in [0.1, 0.15) is 25.7 Å². The fourth-order valence-electron chi connectivity index (χ4n) is 1.81. The number of ether oxygens (including phenoxy) is 1. The van der Waals surface area contributed by atoms with Crippen LogP contribution in [0.5, 0.6) is 5.75 Å². The predicted octanol–water partition coefficient (Wildman–Crippen LogP) is 1.99. The number of methoxy groups -OCH3 is 1. The molecule has 0 aliphatic carbocycles. The van der Waals surface area contributed by atoms with Crippen molar-refractivity contribution in [1.29, 1.82) is 0 Å². The molecule has 1 heterocycles. The van der Waals surface area contributed by atoms with Gasteiger partial charge in [0.2, 0.25) is 0 Å². The van der Waals surface area contributed by atoms with Gasteiger partial charge in [-0.2, -0.15) is 4.68 Å². The number of aromatic nitrogens is 4. The van der Waals surface area contributed by atoms with Gasteiger partial charge in [-0.05, 0) is 36.0 Å². The maximum Gasteiger partial charge on any atom is 0.173 e. The molecule has 0 fully saturated rings. The van der Waals surface area contributed by atoms with Crippen LogP contribution in [-0.4, -0.2) is 33.9 Å². The zero-order valence-corrected chi connectivity index (χ0v) is 11.8. The number of nitrogens with one attached hydrogen (secondary N) is 1. The van der Waals surface area contributed by atoms with Gasteiger partial charge in [0.25, 0.3) is 0 Å². The Balaban J connectivity index is 2.44. The lowest BCUT2D eigenvalue weighted by molar-refractivity contribution is 0.414. The second kappa shape index (κ2) is 5.99. The van der Waals surface area contributed by atoms with E-state index in [-0.39, 0.29) is 6.04 Å². The van der Waals surface area contributed by atoms with Crippen LogP contribution in [0.3, 0.4) is 0 Å². The monoisotopic (exact) mass is 281 g/mol. The molecule has 1 atom stereocenters. The van der Waals surface area contributed by atoms with Crippen molar-refractivity contribution < 1.29 is 4.74 Å². The van der Waals surface area contributed by atoms with Gasteiger partial charge in [-0.15, -0.1) is 5.10 Å². The molecule has 102 valence electrons. The molecular weight excluding hydrogens is 266 g/mol. The van der Waals surface area contributed by atoms with Crippen molar-refractivity contribution in [2.45, 2.75) is 19.9 Å². The summed E-state index contributed by atoms with van der Waals surface area (Å²) in [5, 5.41) is 15.6. The summed E-state index contributed by atoms with van der Waals surface area (Å²) in [5.41, 5.74) is 0.700. The van der Waals surface area contributed by atoms with Crippen molar-refractivity contribution in [1.82, 2.24) is 25.5 Å². The Kier molecular flexibility index (Phi) is 4.34. The van der Waals surface area contributed by atoms with Gasteiger partial charge in [-0.3, -0.25) is 0 Å². The van der Waals surface area contributed by atoms with Crippen LogP contribution < -0.4 is 10.1 Å². The first-order valence-electron chi connectivity index (χ1n) is 6.03. The van der Waals surface area contributed by atoms with Crippen LogP contribution in [0.25, 0.3) is 5.69 Å². The fourth-order valence-corrected chi connectivity index (χ4v) is 2.01. The third-order valence-electron chi connectivity index (χ3n) is 2.77. The highest BCUT2D eigenvalue weighted by Crippen LogP contribution is 2.26. The van der Waals surface area contributed by atoms with Gasteiger partial charge < -0.3 is 10.1 Å². The van der Waals surface area contributed by atoms with E-state index in [1.165, 1.54) is 0 Å². The van der Waals surface area contributed by atoms with Crippen LogP contribution >= 0.6 is 11.6 Å². The van der Waals surface area contributed by atoms with Gasteiger partial charge in [0.05, 0.1) is 23.9 Å². The lowest BCUT2D eigenvalue weighted by Gasteiger charge is -2.13. The molecule has 1 N–H and O–H groups in total. The van der Waals surface area contributed by atoms with E-state index in [9.17, 15) is 0 Å². The van der Waals surface area contributed by atoms with E-state index >= 15 is 0 Å². The Morgan fingerprint density at radius 1 is 1.47 bits per heavy atom. The number of tetrazole rings is 1. The lowest BCUT2D eigenvalue weighted by atomic mass is 10.2. The van der Waals surface area contributed by atoms with E-state index in [0.29, 0.717) is 22.3 Å². The predicted molar refractivity (Wildman–Crippen MR) is 72.8 cm³/mol. The molecule has 1 aromatic carbocycles. The molecule has 6 nitrogen and oxygen atoms in total. The summed E-state index contributed by atoms with van der Waals surface area (Å²) < 4.78 is 6.82. The Labute approximate surface area is 116 Å². The van der Waals surface area contributed by atoms with Crippen LogP contribution in [0.15, 0.2) is 18.2 Å². The van der Waals surface area contributed by atoms with E-state index in [2.05, 4.69) is 20.8 Å². The summed E-state index contributed by atoms with van der Waals surface area (Å²) in [6.45, 7) is 4.86. The molecule has 1 unspecified atom stereocenters. The maximum atomic E-state index is 6.21. The summed E-state index contributed by atoms with van der Waals surface area (Å²) in [6.07, 6.45) is 0. The summed E-state index contributed by atoms with van der Waals surface area (Å²) in [6, 6.07) is 5.39. The first-order valence-corrected chi connectivity index (χ1v) is 6.40. The van der Waals surface area contributed by atoms with E-state index in [4.69, 9.17) is 16.3 Å². The number of halogens is 1. The zero-order chi connectivity index (χ0) is 13.8. The quantitative estimate of drug-likeness (QED) is 0.908. The van der Waals surface area contributed by atoms with Gasteiger partial charge >= 0.3 is 0 Å². The molecule has 0 bridgehead atoms. The first kappa shape index (κ1) is 13.8. The Morgan fingerprint density at radius 3 is 2.95 bits per heavy atom. The topological polar surface area (TPSA) is 64.9 Å². The van der Waals surface area contributed by atoms with Gasteiger partial charge in [0.1, 0.15) is 5.75 Å². The zero-order valence-electron chi connectivity index (χ0n) is 11.1. The molecule has 0 aliphatic heterocycles. The highest BCUT2D eigenvalue weighted by molar-refractivity contribution is 6.32. The third kappa shape index (κ3) is 2.85. The van der Waals surface area contributed by atoms with Crippen LogP contribution in [0.4, 0.5) is 0 Å². The van der Waals surface area contributed by atoms with E-state index in [1.54, 1.807) is 30.0 Å². The van der Waals surface area contributed by atoms with Crippen LogP contribution in [-0.2, 0) is 0 Å². The lowest BCUT2D eigenvalue weighted by Crippen LogP contribution is -2.21. The molecule has 7 heteroatoms. The fraction of sp³-hybridized carbons (Fsp3) is 0.417. The average molecular weight is 282 g/mol. The minimum atomic E-state index is 0.0299. The molecule has 0 saturated heterocycles. The van der Waals surface area contributed by atoms with E-state index in [0.717, 1.165) is 6.54 Å². The molecule has 0 aliphatic rings. The normalized spacial score (nSPS) is 12.4. The highest BCUT2D eigenvalue weighted by atomic mass is 35.5. The summed E-state index contributed by atoms with van der Waals surface area (Å²) in [5.74, 6) is 1.41. The highest BCUT2D eigenvalue weighted by Gasteiger charge is 2.17. The summed E-state index contributed by atoms with van der Waals surface area (Å²) in [7, 11) is 1.61. The minimum Gasteiger partial charge on any atom is -0.497 e. The van der Waals surface area contributed by atoms with E-state index in [1.807, 2.05) is 13.8 Å². The molecule has 0 saturated carbocycles.